The third-order valence-corrected chi connectivity index (χ3v) is 6.58. The number of methoxy groups -OCH3 is 1. The zero-order chi connectivity index (χ0) is 21.1. The Morgan fingerprint density at radius 1 is 1.17 bits per heavy atom. The Hall–Kier alpha value is -1.99. The van der Waals surface area contributed by atoms with Gasteiger partial charge in [-0.1, -0.05) is 48.9 Å². The normalized spacial score (nSPS) is 27.9. The molecule has 1 aromatic rings. The molecule has 2 fully saturated rings. The number of ether oxygens (including phenoxy) is 1. The molecule has 0 saturated carbocycles. The summed E-state index contributed by atoms with van der Waals surface area (Å²) in [6.45, 7) is 6.10. The Bertz CT molecular complexity index is 920. The predicted molar refractivity (Wildman–Crippen MR) is 113 cm³/mol. The lowest BCUT2D eigenvalue weighted by atomic mass is 9.79. The van der Waals surface area contributed by atoms with Crippen LogP contribution in [-0.4, -0.2) is 54.8 Å². The van der Waals surface area contributed by atoms with Gasteiger partial charge >= 0.3 is 0 Å². The van der Waals surface area contributed by atoms with Crippen molar-refractivity contribution in [2.75, 3.05) is 25.2 Å². The van der Waals surface area contributed by atoms with Crippen molar-refractivity contribution in [3.8, 4) is 0 Å². The predicted octanol–water partition coefficient (Wildman–Crippen LogP) is 2.90. The monoisotopic (exact) mass is 460 g/mol. The van der Waals surface area contributed by atoms with Crippen molar-refractivity contribution in [2.45, 2.75) is 32.9 Å². The van der Waals surface area contributed by atoms with E-state index in [2.05, 4.69) is 15.9 Å². The van der Waals surface area contributed by atoms with E-state index in [1.54, 1.807) is 7.11 Å². The quantitative estimate of drug-likeness (QED) is 0.646. The highest BCUT2D eigenvalue weighted by atomic mass is 79.9. The highest BCUT2D eigenvalue weighted by molar-refractivity contribution is 9.10. The van der Waals surface area contributed by atoms with Gasteiger partial charge in [-0.05, 0) is 23.8 Å². The van der Waals surface area contributed by atoms with Crippen molar-refractivity contribution in [2.24, 2.45) is 17.3 Å². The molecule has 0 unspecified atom stereocenters. The fourth-order valence-electron chi connectivity index (χ4n) is 4.75. The van der Waals surface area contributed by atoms with Gasteiger partial charge in [0.05, 0.1) is 31.0 Å². The molecule has 29 heavy (non-hydrogen) atoms. The molecule has 2 saturated heterocycles. The first-order valence-electron chi connectivity index (χ1n) is 9.81. The molecular formula is C22H25BrN2O4. The lowest BCUT2D eigenvalue weighted by Gasteiger charge is -2.38. The first kappa shape index (κ1) is 20.3. The van der Waals surface area contributed by atoms with E-state index < -0.39 is 23.3 Å². The number of hydrogen-bond acceptors (Lipinski definition) is 5. The van der Waals surface area contributed by atoms with Gasteiger partial charge in [0.15, 0.2) is 5.78 Å². The van der Waals surface area contributed by atoms with Crippen LogP contribution < -0.4 is 4.90 Å². The number of imide groups is 1. The number of ketones is 1. The average Bonchev–Trinajstić information content (AvgIpc) is 3.12. The molecule has 0 aliphatic carbocycles. The maximum Gasteiger partial charge on any atom is 0.235 e. The summed E-state index contributed by atoms with van der Waals surface area (Å²) in [5.74, 6) is -1.71. The highest BCUT2D eigenvalue weighted by Gasteiger charge is 2.64. The van der Waals surface area contributed by atoms with Crippen LogP contribution in [0, 0.1) is 17.3 Å². The Kier molecular flexibility index (Phi) is 4.94. The van der Waals surface area contributed by atoms with Gasteiger partial charge in [-0.25, -0.2) is 0 Å². The van der Waals surface area contributed by atoms with Gasteiger partial charge in [-0.2, -0.15) is 0 Å². The van der Waals surface area contributed by atoms with Crippen molar-refractivity contribution in [1.29, 1.82) is 0 Å². The van der Waals surface area contributed by atoms with Crippen LogP contribution in [0.1, 0.15) is 26.3 Å². The molecule has 1 aromatic carbocycles. The molecule has 3 aliphatic heterocycles. The van der Waals surface area contributed by atoms with Gasteiger partial charge in [-0.15, -0.1) is 0 Å². The lowest BCUT2D eigenvalue weighted by molar-refractivity contribution is -0.142. The zero-order valence-electron chi connectivity index (χ0n) is 17.0. The van der Waals surface area contributed by atoms with Crippen molar-refractivity contribution in [1.82, 2.24) is 4.90 Å². The molecule has 4 rings (SSSR count). The van der Waals surface area contributed by atoms with E-state index in [1.165, 1.54) is 4.90 Å². The number of Topliss-reactive ketones (excluding diaryl/α,β-unsaturated/α-hetero) is 1. The molecule has 4 atom stereocenters. The number of nitrogens with zero attached hydrogens (tertiary/aromatic N) is 2. The van der Waals surface area contributed by atoms with E-state index in [9.17, 15) is 14.4 Å². The number of amides is 2. The third-order valence-electron chi connectivity index (χ3n) is 6.09. The molecule has 0 radical (unpaired) electrons. The molecule has 6 nitrogen and oxygen atoms in total. The molecule has 2 amide bonds. The molecule has 3 heterocycles. The van der Waals surface area contributed by atoms with Crippen LogP contribution in [0.5, 0.6) is 0 Å². The summed E-state index contributed by atoms with van der Waals surface area (Å²) in [6.07, 6.45) is 3.95. The highest BCUT2D eigenvalue weighted by Crippen LogP contribution is 2.50. The number of anilines is 1. The van der Waals surface area contributed by atoms with Gasteiger partial charge < -0.3 is 9.64 Å². The average molecular weight is 461 g/mol. The van der Waals surface area contributed by atoms with Crippen LogP contribution in [-0.2, 0) is 19.1 Å². The summed E-state index contributed by atoms with van der Waals surface area (Å²) in [5.41, 5.74) is 1.23. The number of carbonyl (C=O) groups is 3. The number of halogens is 1. The second-order valence-corrected chi connectivity index (χ2v) is 9.81. The van der Waals surface area contributed by atoms with E-state index in [1.807, 2.05) is 56.0 Å². The lowest BCUT2D eigenvalue weighted by Crippen LogP contribution is -2.51. The van der Waals surface area contributed by atoms with Crippen molar-refractivity contribution < 1.29 is 19.1 Å². The number of fused-ring (bicyclic) bond motifs is 5. The van der Waals surface area contributed by atoms with Crippen LogP contribution in [0.2, 0.25) is 0 Å². The van der Waals surface area contributed by atoms with Crippen LogP contribution in [0.4, 0.5) is 5.69 Å². The molecule has 0 aromatic heterocycles. The van der Waals surface area contributed by atoms with Gasteiger partial charge in [0.2, 0.25) is 11.8 Å². The topological polar surface area (TPSA) is 66.9 Å². The summed E-state index contributed by atoms with van der Waals surface area (Å²) in [5, 5.41) is 0. The number of benzene rings is 1. The molecule has 0 spiro atoms. The SMILES string of the molecule is COCCN1C(=O)[C@H]2[C@H](C1=O)[C@H](C(=O)C(C)(C)C)N1c3ccc(Br)cc3C=C[C@H]21. The van der Waals surface area contributed by atoms with Crippen LogP contribution in [0.3, 0.4) is 0 Å². The smallest absolute Gasteiger partial charge is 0.235 e. The Labute approximate surface area is 179 Å². The van der Waals surface area contributed by atoms with Crippen molar-refractivity contribution in [3.63, 3.8) is 0 Å². The maximum atomic E-state index is 13.5. The molecule has 154 valence electrons. The molecule has 0 N–H and O–H groups in total. The van der Waals surface area contributed by atoms with E-state index in [0.717, 1.165) is 15.7 Å². The maximum absolute atomic E-state index is 13.5. The molecule has 3 aliphatic rings. The van der Waals surface area contributed by atoms with E-state index in [0.29, 0.717) is 0 Å². The van der Waals surface area contributed by atoms with E-state index in [4.69, 9.17) is 4.74 Å². The Morgan fingerprint density at radius 3 is 2.52 bits per heavy atom. The van der Waals surface area contributed by atoms with Gasteiger partial charge in [-0.3, -0.25) is 19.3 Å². The first-order valence-corrected chi connectivity index (χ1v) is 10.6. The van der Waals surface area contributed by atoms with Crippen molar-refractivity contribution in [3.05, 3.63) is 34.3 Å². The van der Waals surface area contributed by atoms with Crippen LogP contribution in [0.25, 0.3) is 6.08 Å². The number of likely N-dealkylation sites (tertiary alicyclic amines) is 1. The number of hydrogen-bond donors (Lipinski definition) is 0. The first-order chi connectivity index (χ1) is 13.7. The van der Waals surface area contributed by atoms with Crippen LogP contribution in [0.15, 0.2) is 28.7 Å². The van der Waals surface area contributed by atoms with Crippen LogP contribution >= 0.6 is 15.9 Å². The number of rotatable bonds is 4. The second kappa shape index (κ2) is 7.06. The fraction of sp³-hybridized carbons (Fsp3) is 0.500. The fourth-order valence-corrected chi connectivity index (χ4v) is 5.13. The minimum Gasteiger partial charge on any atom is -0.383 e. The number of carbonyl (C=O) groups excluding carboxylic acids is 3. The van der Waals surface area contributed by atoms with E-state index in [-0.39, 0.29) is 36.8 Å². The summed E-state index contributed by atoms with van der Waals surface area (Å²) >= 11 is 3.49. The molecule has 0 bridgehead atoms. The van der Waals surface area contributed by atoms with Gasteiger partial charge in [0.1, 0.15) is 6.04 Å². The molecule has 7 heteroatoms. The Balaban J connectivity index is 1.83. The third kappa shape index (κ3) is 3.06. The Morgan fingerprint density at radius 2 is 1.86 bits per heavy atom. The van der Waals surface area contributed by atoms with E-state index >= 15 is 0 Å². The second-order valence-electron chi connectivity index (χ2n) is 8.89. The summed E-state index contributed by atoms with van der Waals surface area (Å²) < 4.78 is 6.01. The van der Waals surface area contributed by atoms with Gasteiger partial charge in [0, 0.05) is 22.7 Å². The summed E-state index contributed by atoms with van der Waals surface area (Å²) in [4.78, 5) is 43.3. The summed E-state index contributed by atoms with van der Waals surface area (Å²) in [7, 11) is 1.54. The largest absolute Gasteiger partial charge is 0.383 e. The van der Waals surface area contributed by atoms with Crippen molar-refractivity contribution >= 4 is 45.3 Å². The standard InChI is InChI=1S/C22H25BrN2O4/c1-22(2,3)19(26)18-17-16(20(27)24(21(17)28)9-10-29-4)15-7-5-12-11-13(23)6-8-14(12)25(15)18/h5-8,11,15-18H,9-10H2,1-4H3/t15-,16-,17+,18-/m1/s1. The minimum absolute atomic E-state index is 0.0195. The van der Waals surface area contributed by atoms with Gasteiger partial charge in [0.25, 0.3) is 0 Å². The minimum atomic E-state index is -0.671. The zero-order valence-corrected chi connectivity index (χ0v) is 18.6. The summed E-state index contributed by atoms with van der Waals surface area (Å²) in [6, 6.07) is 4.89. The molecular weight excluding hydrogens is 436 g/mol.